The summed E-state index contributed by atoms with van der Waals surface area (Å²) in [5.41, 5.74) is -6.51. The Hall–Kier alpha value is -4.53. The van der Waals surface area contributed by atoms with Crippen molar-refractivity contribution in [3.8, 4) is 22.6 Å². The van der Waals surface area contributed by atoms with Gasteiger partial charge in [0.2, 0.25) is 0 Å². The first kappa shape index (κ1) is 26.5. The Morgan fingerprint density at radius 2 is 1.68 bits per heavy atom. The van der Waals surface area contributed by atoms with E-state index in [0.717, 1.165) is 28.9 Å². The van der Waals surface area contributed by atoms with Gasteiger partial charge in [-0.05, 0) is 42.8 Å². The van der Waals surface area contributed by atoms with E-state index in [1.165, 1.54) is 48.0 Å². The summed E-state index contributed by atoms with van der Waals surface area (Å²) in [4.78, 5) is 12.8. The number of sulfonamides is 1. The van der Waals surface area contributed by atoms with E-state index in [-0.39, 0.29) is 33.9 Å². The number of nitrogens with zero attached hydrogens (tertiary/aromatic N) is 3. The third kappa shape index (κ3) is 5.13. The molecule has 0 radical (unpaired) electrons. The van der Waals surface area contributed by atoms with Crippen LogP contribution in [0.3, 0.4) is 0 Å². The minimum Gasteiger partial charge on any atom is -0.505 e. The summed E-state index contributed by atoms with van der Waals surface area (Å²) in [5, 5.41) is 21.1. The van der Waals surface area contributed by atoms with E-state index in [1.807, 2.05) is 0 Å². The number of aryl methyl sites for hydroxylation is 1. The lowest BCUT2D eigenvalue weighted by molar-refractivity contribution is -0.0429. The number of anilines is 1. The van der Waals surface area contributed by atoms with Crippen LogP contribution in [0.5, 0.6) is 5.75 Å². The quantitative estimate of drug-likeness (QED) is 0.206. The van der Waals surface area contributed by atoms with Gasteiger partial charge in [-0.3, -0.25) is 14.6 Å². The van der Waals surface area contributed by atoms with Crippen molar-refractivity contribution in [1.29, 1.82) is 0 Å². The number of aromatic amines is 1. The molecule has 0 amide bonds. The Labute approximate surface area is 210 Å². The average molecular weight is 553 g/mol. The Balaban J connectivity index is 1.66. The van der Waals surface area contributed by atoms with E-state index in [1.54, 1.807) is 0 Å². The van der Waals surface area contributed by atoms with E-state index in [4.69, 9.17) is 0 Å². The van der Waals surface area contributed by atoms with Crippen molar-refractivity contribution in [2.75, 3.05) is 4.72 Å². The lowest BCUT2D eigenvalue weighted by atomic mass is 10.0. The molecule has 3 aromatic carbocycles. The maximum absolute atomic E-state index is 13.6. The van der Waals surface area contributed by atoms with Gasteiger partial charge in [-0.1, -0.05) is 24.3 Å². The molecule has 0 spiro atoms. The molecule has 198 valence electrons. The molecule has 0 aliphatic carbocycles. The van der Waals surface area contributed by atoms with E-state index in [2.05, 4.69) is 15.3 Å². The number of phenols is 1. The molecule has 0 saturated carbocycles. The molecule has 0 unspecified atom stereocenters. The maximum atomic E-state index is 13.6. The second-order valence-corrected chi connectivity index (χ2v) is 9.50. The monoisotopic (exact) mass is 553 g/mol. The molecule has 0 aliphatic heterocycles. The van der Waals surface area contributed by atoms with Crippen LogP contribution in [0.25, 0.3) is 16.8 Å². The molecule has 4 aromatic rings. The molecule has 0 saturated heterocycles. The summed E-state index contributed by atoms with van der Waals surface area (Å²) in [6.07, 6.45) is 0. The summed E-state index contributed by atoms with van der Waals surface area (Å²) >= 11 is 0. The lowest BCUT2D eigenvalue weighted by Gasteiger charge is -2.12. The smallest absolute Gasteiger partial charge is 0.505 e. The van der Waals surface area contributed by atoms with Crippen molar-refractivity contribution in [2.24, 2.45) is 10.2 Å². The Bertz CT molecular complexity index is 1730. The fourth-order valence-corrected chi connectivity index (χ4v) is 3.93. The molecule has 38 heavy (non-hydrogen) atoms. The average Bonchev–Trinajstić information content (AvgIpc) is 3.12. The third-order valence-corrected chi connectivity index (χ3v) is 6.32. The van der Waals surface area contributed by atoms with Crippen LogP contribution in [0, 0.1) is 18.6 Å². The first-order chi connectivity index (χ1) is 17.8. The zero-order chi connectivity index (χ0) is 27.8. The predicted molar refractivity (Wildman–Crippen MR) is 127 cm³/mol. The maximum Gasteiger partial charge on any atom is 0.516 e. The van der Waals surface area contributed by atoms with E-state index in [9.17, 15) is 40.3 Å². The Morgan fingerprint density at radius 3 is 2.37 bits per heavy atom. The summed E-state index contributed by atoms with van der Waals surface area (Å²) in [7, 11) is -5.66. The van der Waals surface area contributed by atoms with Crippen LogP contribution < -0.4 is 10.3 Å². The number of nitrogens with one attached hydrogen (secondary N) is 2. The van der Waals surface area contributed by atoms with Crippen molar-refractivity contribution in [3.05, 3.63) is 88.3 Å². The first-order valence-electron chi connectivity index (χ1n) is 10.5. The van der Waals surface area contributed by atoms with Crippen molar-refractivity contribution in [3.63, 3.8) is 0 Å². The molecule has 0 atom stereocenters. The predicted octanol–water partition coefficient (Wildman–Crippen LogP) is 5.80. The van der Waals surface area contributed by atoms with Crippen molar-refractivity contribution in [2.45, 2.75) is 12.4 Å². The van der Waals surface area contributed by atoms with E-state index in [0.29, 0.717) is 0 Å². The summed E-state index contributed by atoms with van der Waals surface area (Å²) < 4.78 is 90.1. The number of alkyl halides is 3. The van der Waals surface area contributed by atoms with Gasteiger partial charge in [-0.25, -0.2) is 13.5 Å². The number of hydrogen-bond acceptors (Lipinski definition) is 6. The molecule has 0 bridgehead atoms. The topological polar surface area (TPSA) is 129 Å². The van der Waals surface area contributed by atoms with Crippen LogP contribution in [0.4, 0.5) is 39.0 Å². The molecule has 0 aliphatic rings. The second kappa shape index (κ2) is 9.74. The zero-order valence-electron chi connectivity index (χ0n) is 19.1. The van der Waals surface area contributed by atoms with Gasteiger partial charge in [-0.2, -0.15) is 21.6 Å². The lowest BCUT2D eigenvalue weighted by Crippen LogP contribution is -2.29. The molecule has 4 rings (SSSR count). The third-order valence-electron chi connectivity index (χ3n) is 5.20. The first-order valence-corrected chi connectivity index (χ1v) is 12.0. The largest absolute Gasteiger partial charge is 0.516 e. The van der Waals surface area contributed by atoms with Crippen molar-refractivity contribution < 1.29 is 35.5 Å². The highest BCUT2D eigenvalue weighted by atomic mass is 32.2. The SMILES string of the molecule is Cc1[nH]n(-c2ccc(F)c(F)c2)c(=O)c1N=Nc1cccc(-c2cccc(NS(=O)(=O)C(F)(F)F)c2)c1O. The Morgan fingerprint density at radius 1 is 0.974 bits per heavy atom. The summed E-state index contributed by atoms with van der Waals surface area (Å²) in [5.74, 6) is -2.72. The van der Waals surface area contributed by atoms with Gasteiger partial charge in [0.25, 0.3) is 5.56 Å². The number of rotatable bonds is 6. The van der Waals surface area contributed by atoms with E-state index < -0.39 is 44.2 Å². The number of benzene rings is 3. The summed E-state index contributed by atoms with van der Waals surface area (Å²) in [6.45, 7) is 1.48. The number of halogens is 5. The standard InChI is InChI=1S/C23H16F5N5O4S/c1-12-20(22(35)33(31-12)15-8-9-17(24)18(25)11-15)30-29-19-7-3-6-16(21(19)34)13-4-2-5-14(10-13)32-38(36,37)23(26,27)28/h2-11,31-32,34H,1H3. The van der Waals surface area contributed by atoms with Crippen LogP contribution in [-0.2, 0) is 10.0 Å². The van der Waals surface area contributed by atoms with Gasteiger partial charge < -0.3 is 5.11 Å². The highest BCUT2D eigenvalue weighted by Crippen LogP contribution is 2.39. The molecule has 0 fully saturated rings. The normalized spacial score (nSPS) is 12.3. The number of azo groups is 1. The minimum absolute atomic E-state index is 0.00400. The minimum atomic E-state index is -5.66. The van der Waals surface area contributed by atoms with Gasteiger partial charge in [0.1, 0.15) is 5.69 Å². The van der Waals surface area contributed by atoms with Crippen molar-refractivity contribution in [1.82, 2.24) is 9.78 Å². The molecular weight excluding hydrogens is 537 g/mol. The molecule has 1 heterocycles. The molecule has 9 nitrogen and oxygen atoms in total. The number of para-hydroxylation sites is 1. The molecule has 1 aromatic heterocycles. The van der Waals surface area contributed by atoms with Gasteiger partial charge in [-0.15, -0.1) is 10.2 Å². The Kier molecular flexibility index (Phi) is 6.80. The zero-order valence-corrected chi connectivity index (χ0v) is 19.9. The van der Waals surface area contributed by atoms with Gasteiger partial charge in [0, 0.05) is 17.3 Å². The van der Waals surface area contributed by atoms with Crippen LogP contribution >= 0.6 is 0 Å². The molecule has 15 heteroatoms. The van der Waals surface area contributed by atoms with Crippen LogP contribution in [0.2, 0.25) is 0 Å². The van der Waals surface area contributed by atoms with Crippen LogP contribution in [0.15, 0.2) is 75.7 Å². The van der Waals surface area contributed by atoms with Crippen LogP contribution in [0.1, 0.15) is 5.69 Å². The number of phenolic OH excluding ortho intramolecular Hbond substituents is 1. The van der Waals surface area contributed by atoms with Gasteiger partial charge >= 0.3 is 15.5 Å². The molecular formula is C23H16F5N5O4S. The van der Waals surface area contributed by atoms with Gasteiger partial charge in [0.15, 0.2) is 23.1 Å². The van der Waals surface area contributed by atoms with Gasteiger partial charge in [0.05, 0.1) is 11.4 Å². The van der Waals surface area contributed by atoms with Crippen LogP contribution in [-0.4, -0.2) is 28.8 Å². The number of aromatic hydroxyl groups is 1. The fourth-order valence-electron chi connectivity index (χ4n) is 3.37. The highest BCUT2D eigenvalue weighted by molar-refractivity contribution is 7.93. The number of H-pyrrole nitrogens is 1. The van der Waals surface area contributed by atoms with E-state index >= 15 is 0 Å². The molecule has 3 N–H and O–H groups in total. The summed E-state index contributed by atoms with van der Waals surface area (Å²) in [6, 6.07) is 11.9. The second-order valence-electron chi connectivity index (χ2n) is 7.83. The number of hydrogen-bond donors (Lipinski definition) is 3. The number of aromatic nitrogens is 2. The van der Waals surface area contributed by atoms with Crippen molar-refractivity contribution >= 4 is 27.1 Å². The fraction of sp³-hybridized carbons (Fsp3) is 0.0870. The highest BCUT2D eigenvalue weighted by Gasteiger charge is 2.46.